The highest BCUT2D eigenvalue weighted by Crippen LogP contribution is 2.22. The molecule has 0 bridgehead atoms. The second-order valence-electron chi connectivity index (χ2n) is 4.24. The molecule has 2 N–H and O–H groups in total. The zero-order chi connectivity index (χ0) is 12.5. The number of halogens is 1. The molecule has 1 aromatic carbocycles. The molecular weight excluding hydrogens is 248 g/mol. The molecule has 0 spiro atoms. The van der Waals surface area contributed by atoms with E-state index in [9.17, 15) is 0 Å². The predicted molar refractivity (Wildman–Crippen MR) is 72.8 cm³/mol. The summed E-state index contributed by atoms with van der Waals surface area (Å²) >= 11 is 5.70. The summed E-state index contributed by atoms with van der Waals surface area (Å²) in [5.74, 6) is 2.42. The van der Waals surface area contributed by atoms with Gasteiger partial charge in [0.25, 0.3) is 0 Å². The quantitative estimate of drug-likeness (QED) is 0.711. The van der Waals surface area contributed by atoms with E-state index in [2.05, 4.69) is 26.0 Å². The molecule has 5 heteroatoms. The van der Waals surface area contributed by atoms with E-state index in [4.69, 9.17) is 11.6 Å². The van der Waals surface area contributed by atoms with Crippen molar-refractivity contribution in [1.82, 2.24) is 19.9 Å². The van der Waals surface area contributed by atoms with Gasteiger partial charge in [-0.2, -0.15) is 0 Å². The van der Waals surface area contributed by atoms with Gasteiger partial charge in [-0.05, 0) is 19.1 Å². The maximum Gasteiger partial charge on any atom is 0.107 e. The number of imidazole rings is 2. The molecule has 3 aromatic rings. The van der Waals surface area contributed by atoms with Crippen LogP contribution in [0, 0.1) is 6.92 Å². The van der Waals surface area contributed by atoms with Crippen molar-refractivity contribution in [2.24, 2.45) is 0 Å². The van der Waals surface area contributed by atoms with Gasteiger partial charge in [-0.25, -0.2) is 9.97 Å². The molecular formula is C13H13ClN4. The number of fused-ring (bicyclic) bond motifs is 1. The molecule has 4 nitrogen and oxygen atoms in total. The lowest BCUT2D eigenvalue weighted by Gasteiger charge is -1.97. The van der Waals surface area contributed by atoms with Crippen LogP contribution in [0.1, 0.15) is 11.6 Å². The van der Waals surface area contributed by atoms with Crippen molar-refractivity contribution in [3.8, 4) is 11.3 Å². The lowest BCUT2D eigenvalue weighted by molar-refractivity contribution is 0.997. The average molecular weight is 261 g/mol. The molecule has 0 aliphatic rings. The fourth-order valence-electron chi connectivity index (χ4n) is 2.03. The van der Waals surface area contributed by atoms with E-state index in [1.807, 2.05) is 25.3 Å². The molecule has 18 heavy (non-hydrogen) atoms. The summed E-state index contributed by atoms with van der Waals surface area (Å²) < 4.78 is 0. The Labute approximate surface area is 109 Å². The third-order valence-electron chi connectivity index (χ3n) is 2.87. The third-order valence-corrected chi connectivity index (χ3v) is 3.06. The minimum atomic E-state index is 0.575. The van der Waals surface area contributed by atoms with Crippen LogP contribution in [0.4, 0.5) is 0 Å². The first-order valence-electron chi connectivity index (χ1n) is 5.83. The van der Waals surface area contributed by atoms with E-state index >= 15 is 0 Å². The Morgan fingerprint density at radius 3 is 3.00 bits per heavy atom. The molecule has 0 unspecified atom stereocenters. The molecule has 3 rings (SSSR count). The van der Waals surface area contributed by atoms with Gasteiger partial charge in [0, 0.05) is 17.9 Å². The van der Waals surface area contributed by atoms with Crippen LogP contribution < -0.4 is 0 Å². The van der Waals surface area contributed by atoms with Crippen molar-refractivity contribution in [2.45, 2.75) is 13.3 Å². The molecule has 2 heterocycles. The summed E-state index contributed by atoms with van der Waals surface area (Å²) in [7, 11) is 0. The summed E-state index contributed by atoms with van der Waals surface area (Å²) in [5.41, 5.74) is 4.12. The van der Waals surface area contributed by atoms with Crippen LogP contribution in [0.5, 0.6) is 0 Å². The number of hydrogen-bond donors (Lipinski definition) is 2. The topological polar surface area (TPSA) is 57.4 Å². The van der Waals surface area contributed by atoms with Crippen molar-refractivity contribution in [2.75, 3.05) is 5.88 Å². The number of benzene rings is 1. The number of aromatic amines is 2. The number of nitrogens with zero attached hydrogens (tertiary/aromatic N) is 2. The molecule has 0 radical (unpaired) electrons. The molecule has 2 aromatic heterocycles. The number of rotatable bonds is 3. The van der Waals surface area contributed by atoms with Gasteiger partial charge in [-0.15, -0.1) is 11.6 Å². The third kappa shape index (κ3) is 1.99. The fourth-order valence-corrected chi connectivity index (χ4v) is 2.21. The highest BCUT2D eigenvalue weighted by molar-refractivity contribution is 6.17. The van der Waals surface area contributed by atoms with Crippen molar-refractivity contribution in [1.29, 1.82) is 0 Å². The molecule has 0 aliphatic heterocycles. The van der Waals surface area contributed by atoms with Crippen LogP contribution >= 0.6 is 11.6 Å². The van der Waals surface area contributed by atoms with E-state index in [-0.39, 0.29) is 0 Å². The smallest absolute Gasteiger partial charge is 0.107 e. The first kappa shape index (κ1) is 11.3. The molecule has 0 amide bonds. The SMILES string of the molecule is Cc1nc2ccc(-c3cnc(CCCl)[nH]3)cc2[nH]1. The Morgan fingerprint density at radius 1 is 1.28 bits per heavy atom. The summed E-state index contributed by atoms with van der Waals surface area (Å²) in [4.78, 5) is 15.2. The standard InChI is InChI=1S/C13H13ClN4/c1-8-16-10-3-2-9(6-11(10)17-8)12-7-15-13(18-12)4-5-14/h2-3,6-7H,4-5H2,1H3,(H,15,18)(H,16,17). The number of alkyl halides is 1. The zero-order valence-corrected chi connectivity index (χ0v) is 10.8. The molecule has 0 saturated carbocycles. The summed E-state index contributed by atoms with van der Waals surface area (Å²) in [6.07, 6.45) is 2.60. The summed E-state index contributed by atoms with van der Waals surface area (Å²) in [6.45, 7) is 1.95. The Kier molecular flexibility index (Phi) is 2.80. The second-order valence-corrected chi connectivity index (χ2v) is 4.61. The summed E-state index contributed by atoms with van der Waals surface area (Å²) in [5, 5.41) is 0. The highest BCUT2D eigenvalue weighted by atomic mass is 35.5. The maximum atomic E-state index is 5.70. The van der Waals surface area contributed by atoms with Gasteiger partial charge in [0.1, 0.15) is 11.6 Å². The number of aromatic nitrogens is 4. The van der Waals surface area contributed by atoms with Gasteiger partial charge in [0.2, 0.25) is 0 Å². The first-order valence-corrected chi connectivity index (χ1v) is 6.36. The maximum absolute atomic E-state index is 5.70. The van der Waals surface area contributed by atoms with Crippen LogP contribution in [0.3, 0.4) is 0 Å². The number of aryl methyl sites for hydroxylation is 2. The van der Waals surface area contributed by atoms with Gasteiger partial charge < -0.3 is 9.97 Å². The van der Waals surface area contributed by atoms with E-state index < -0.39 is 0 Å². The predicted octanol–water partition coefficient (Wildman–Crippen LogP) is 3.04. The number of nitrogens with one attached hydrogen (secondary N) is 2. The van der Waals surface area contributed by atoms with Crippen molar-refractivity contribution < 1.29 is 0 Å². The lowest BCUT2D eigenvalue weighted by Crippen LogP contribution is -1.88. The van der Waals surface area contributed by atoms with Gasteiger partial charge in [-0.1, -0.05) is 6.07 Å². The molecule has 92 valence electrons. The Bertz CT molecular complexity index is 683. The molecule has 0 aliphatic carbocycles. The number of hydrogen-bond acceptors (Lipinski definition) is 2. The van der Waals surface area contributed by atoms with E-state index in [0.717, 1.165) is 40.4 Å². The first-order chi connectivity index (χ1) is 8.76. The fraction of sp³-hybridized carbons (Fsp3) is 0.231. The summed E-state index contributed by atoms with van der Waals surface area (Å²) in [6, 6.07) is 6.13. The van der Waals surface area contributed by atoms with Crippen LogP contribution in [0.2, 0.25) is 0 Å². The van der Waals surface area contributed by atoms with Gasteiger partial charge >= 0.3 is 0 Å². The molecule has 0 atom stereocenters. The molecule has 0 saturated heterocycles. The van der Waals surface area contributed by atoms with Crippen LogP contribution in [-0.4, -0.2) is 25.8 Å². The number of H-pyrrole nitrogens is 2. The molecule has 0 fully saturated rings. The van der Waals surface area contributed by atoms with Gasteiger partial charge in [-0.3, -0.25) is 0 Å². The van der Waals surface area contributed by atoms with Crippen molar-refractivity contribution in [3.05, 3.63) is 36.0 Å². The normalized spacial score (nSPS) is 11.2. The van der Waals surface area contributed by atoms with Crippen LogP contribution in [0.15, 0.2) is 24.4 Å². The van der Waals surface area contributed by atoms with Crippen molar-refractivity contribution in [3.63, 3.8) is 0 Å². The minimum Gasteiger partial charge on any atom is -0.342 e. The Morgan fingerprint density at radius 2 is 2.17 bits per heavy atom. The Hall–Kier alpha value is -1.81. The lowest BCUT2D eigenvalue weighted by atomic mass is 10.1. The second kappa shape index (κ2) is 4.46. The Balaban J connectivity index is 2.01. The minimum absolute atomic E-state index is 0.575. The van der Waals surface area contributed by atoms with E-state index in [0.29, 0.717) is 5.88 Å². The van der Waals surface area contributed by atoms with Crippen LogP contribution in [-0.2, 0) is 6.42 Å². The zero-order valence-electron chi connectivity index (χ0n) is 10.00. The van der Waals surface area contributed by atoms with E-state index in [1.54, 1.807) is 0 Å². The largest absolute Gasteiger partial charge is 0.342 e. The highest BCUT2D eigenvalue weighted by Gasteiger charge is 2.05. The average Bonchev–Trinajstić information content (AvgIpc) is 2.93. The van der Waals surface area contributed by atoms with Crippen molar-refractivity contribution >= 4 is 22.6 Å². The van der Waals surface area contributed by atoms with Gasteiger partial charge in [0.15, 0.2) is 0 Å². The monoisotopic (exact) mass is 260 g/mol. The van der Waals surface area contributed by atoms with Gasteiger partial charge in [0.05, 0.1) is 22.9 Å². The van der Waals surface area contributed by atoms with E-state index in [1.165, 1.54) is 0 Å². The van der Waals surface area contributed by atoms with Crippen LogP contribution in [0.25, 0.3) is 22.3 Å².